The molecule has 2 heterocycles. The van der Waals surface area contributed by atoms with E-state index in [1.165, 1.54) is 0 Å². The molecule has 6 nitrogen and oxygen atoms in total. The quantitative estimate of drug-likeness (QED) is 0.401. The van der Waals surface area contributed by atoms with Crippen LogP contribution in [0.5, 0.6) is 0 Å². The SMILES string of the molecule is [C-]#[N+]C([N+]#[C-])=c1cc(-c2ccc(C)cc2)/c(=c2\oc(=C(C#N)C#N)cc2-c2ccc(C)cc2)o1. The molecule has 0 saturated heterocycles. The highest BCUT2D eigenvalue weighted by molar-refractivity contribution is 5.74. The highest BCUT2D eigenvalue weighted by Crippen LogP contribution is 2.26. The fraction of sp³-hybridized carbons (Fsp3) is 0.0714. The number of nitriles is 2. The number of hydrogen-bond acceptors (Lipinski definition) is 4. The summed E-state index contributed by atoms with van der Waals surface area (Å²) in [5.41, 5.74) is 5.69. The highest BCUT2D eigenvalue weighted by atomic mass is 16.4. The van der Waals surface area contributed by atoms with Crippen LogP contribution < -0.4 is 10.8 Å². The first-order valence-corrected chi connectivity index (χ1v) is 10.2. The molecule has 0 saturated carbocycles. The molecule has 34 heavy (non-hydrogen) atoms. The molecule has 160 valence electrons. The lowest BCUT2D eigenvalue weighted by Gasteiger charge is -2.00. The molecule has 4 rings (SSSR count). The van der Waals surface area contributed by atoms with E-state index in [9.17, 15) is 10.5 Å². The summed E-state index contributed by atoms with van der Waals surface area (Å²) in [7, 11) is 0. The molecule has 0 N–H and O–H groups in total. The number of rotatable bonds is 2. The van der Waals surface area contributed by atoms with Crippen molar-refractivity contribution in [2.75, 3.05) is 0 Å². The van der Waals surface area contributed by atoms with Crippen molar-refractivity contribution in [3.05, 3.63) is 116 Å². The maximum absolute atomic E-state index is 9.39. The fourth-order valence-corrected chi connectivity index (χ4v) is 3.52. The van der Waals surface area contributed by atoms with Gasteiger partial charge in [-0.1, -0.05) is 59.7 Å². The van der Waals surface area contributed by atoms with Gasteiger partial charge >= 0.3 is 5.82 Å². The summed E-state index contributed by atoms with van der Waals surface area (Å²) < 4.78 is 12.1. The van der Waals surface area contributed by atoms with Gasteiger partial charge in [0.2, 0.25) is 5.42 Å². The highest BCUT2D eigenvalue weighted by Gasteiger charge is 2.17. The predicted molar refractivity (Wildman–Crippen MR) is 126 cm³/mol. The van der Waals surface area contributed by atoms with Crippen LogP contribution in [-0.4, -0.2) is 0 Å². The molecule has 0 amide bonds. The Morgan fingerprint density at radius 2 is 1.12 bits per heavy atom. The molecule has 0 spiro atoms. The Bertz CT molecular complexity index is 1630. The van der Waals surface area contributed by atoms with Crippen molar-refractivity contribution in [2.45, 2.75) is 13.8 Å². The predicted octanol–water partition coefficient (Wildman–Crippen LogP) is 5.21. The van der Waals surface area contributed by atoms with Crippen LogP contribution in [0, 0.1) is 60.5 Å². The number of hydrogen-bond donors (Lipinski definition) is 0. The van der Waals surface area contributed by atoms with Crippen molar-refractivity contribution in [1.29, 1.82) is 10.5 Å². The largest absolute Gasteiger partial charge is 0.562 e. The zero-order chi connectivity index (χ0) is 24.2. The topological polar surface area (TPSA) is 82.6 Å². The summed E-state index contributed by atoms with van der Waals surface area (Å²) >= 11 is 0. The number of nitrogens with zero attached hydrogens (tertiary/aromatic N) is 4. The van der Waals surface area contributed by atoms with Crippen molar-refractivity contribution in [3.8, 4) is 34.4 Å². The second-order valence-electron chi connectivity index (χ2n) is 7.58. The van der Waals surface area contributed by atoms with Crippen LogP contribution in [0.4, 0.5) is 0 Å². The lowest BCUT2D eigenvalue weighted by Crippen LogP contribution is -1.98. The van der Waals surface area contributed by atoms with E-state index in [-0.39, 0.29) is 22.2 Å². The van der Waals surface area contributed by atoms with Crippen molar-refractivity contribution in [3.63, 3.8) is 0 Å². The van der Waals surface area contributed by atoms with E-state index in [1.54, 1.807) is 12.1 Å². The smallest absolute Gasteiger partial charge is 0.456 e. The molecule has 2 aromatic heterocycles. The van der Waals surface area contributed by atoms with Crippen LogP contribution >= 0.6 is 0 Å². The van der Waals surface area contributed by atoms with Crippen molar-refractivity contribution in [2.24, 2.45) is 0 Å². The summed E-state index contributed by atoms with van der Waals surface area (Å²) in [5, 5.41) is 18.8. The van der Waals surface area contributed by atoms with Crippen LogP contribution in [-0.2, 0) is 0 Å². The Balaban J connectivity index is 2.28. The Morgan fingerprint density at radius 3 is 1.53 bits per heavy atom. The summed E-state index contributed by atoms with van der Waals surface area (Å²) in [6, 6.07) is 22.5. The summed E-state index contributed by atoms with van der Waals surface area (Å²) in [5.74, 6) is -0.204. The van der Waals surface area contributed by atoms with Crippen LogP contribution in [0.2, 0.25) is 0 Å². The lowest BCUT2D eigenvalue weighted by atomic mass is 10.0. The molecule has 0 atom stereocenters. The zero-order valence-corrected chi connectivity index (χ0v) is 18.4. The summed E-state index contributed by atoms with van der Waals surface area (Å²) in [6.07, 6.45) is 0. The maximum Gasteiger partial charge on any atom is 0.562 e. The molecule has 0 aliphatic rings. The van der Waals surface area contributed by atoms with E-state index in [1.807, 2.05) is 74.5 Å². The Hall–Kier alpha value is -5.30. The van der Waals surface area contributed by atoms with Gasteiger partial charge in [-0.15, -0.1) is 0 Å². The van der Waals surface area contributed by atoms with E-state index in [4.69, 9.17) is 22.0 Å². The minimum atomic E-state index is -0.204. The standard InChI is InChI=1S/C28H16N4O2/c1-17-5-9-19(10-6-17)22-13-24(21(15-29)16-30)33-26(22)27-23(20-11-7-18(2)8-12-20)14-25(34-27)28(31-3)32-4/h5-14H,1-2H3/b27-26+. The first kappa shape index (κ1) is 21.9. The molecule has 0 bridgehead atoms. The van der Waals surface area contributed by atoms with Gasteiger partial charge in [0.1, 0.15) is 25.3 Å². The molecule has 0 aliphatic carbocycles. The zero-order valence-electron chi connectivity index (χ0n) is 18.4. The van der Waals surface area contributed by atoms with E-state index < -0.39 is 0 Å². The molecular weight excluding hydrogens is 424 g/mol. The Labute approximate surface area is 195 Å². The average molecular weight is 440 g/mol. The van der Waals surface area contributed by atoms with E-state index in [0.29, 0.717) is 22.0 Å². The average Bonchev–Trinajstić information content (AvgIpc) is 3.47. The first-order chi connectivity index (χ1) is 16.5. The minimum absolute atomic E-state index is 0.114. The Morgan fingerprint density at radius 1 is 0.706 bits per heavy atom. The molecule has 0 fully saturated rings. The molecular formula is C28H16N4O2. The van der Waals surface area contributed by atoms with Gasteiger partial charge in [-0.25, -0.2) is 0 Å². The monoisotopic (exact) mass is 440 g/mol. The van der Waals surface area contributed by atoms with Gasteiger partial charge in [0.05, 0.1) is 0 Å². The molecule has 2 aromatic carbocycles. The number of aryl methyl sites for hydroxylation is 2. The summed E-state index contributed by atoms with van der Waals surface area (Å²) in [4.78, 5) is 6.56. The van der Waals surface area contributed by atoms with Crippen molar-refractivity contribution >= 4 is 11.4 Å². The second kappa shape index (κ2) is 9.05. The van der Waals surface area contributed by atoms with Gasteiger partial charge < -0.3 is 8.83 Å². The number of benzene rings is 2. The van der Waals surface area contributed by atoms with E-state index in [0.717, 1.165) is 22.3 Å². The third-order valence-electron chi connectivity index (χ3n) is 5.30. The van der Waals surface area contributed by atoms with Gasteiger partial charge in [0.15, 0.2) is 21.8 Å². The molecule has 0 radical (unpaired) electrons. The maximum atomic E-state index is 9.39. The van der Waals surface area contributed by atoms with Crippen LogP contribution in [0.3, 0.4) is 0 Å². The normalized spacial score (nSPS) is 11.0. The number of furan rings is 2. The minimum Gasteiger partial charge on any atom is -0.456 e. The Kier molecular flexibility index (Phi) is 5.84. The van der Waals surface area contributed by atoms with Gasteiger partial charge in [0, 0.05) is 11.1 Å². The lowest BCUT2D eigenvalue weighted by molar-refractivity contribution is 0.449. The molecule has 0 aliphatic heterocycles. The van der Waals surface area contributed by atoms with Crippen molar-refractivity contribution in [1.82, 2.24) is 0 Å². The van der Waals surface area contributed by atoms with E-state index in [2.05, 4.69) is 9.69 Å². The molecule has 4 aromatic rings. The first-order valence-electron chi connectivity index (χ1n) is 10.2. The van der Waals surface area contributed by atoms with Gasteiger partial charge in [-0.05, 0) is 37.1 Å². The van der Waals surface area contributed by atoms with Gasteiger partial charge in [0.25, 0.3) is 0 Å². The fourth-order valence-electron chi connectivity index (χ4n) is 3.52. The van der Waals surface area contributed by atoms with E-state index >= 15 is 0 Å². The molecule has 0 unspecified atom stereocenters. The van der Waals surface area contributed by atoms with Gasteiger partial charge in [-0.3, -0.25) is 0 Å². The second-order valence-corrected chi connectivity index (χ2v) is 7.58. The van der Waals surface area contributed by atoms with Crippen LogP contribution in [0.25, 0.3) is 43.3 Å². The van der Waals surface area contributed by atoms with Gasteiger partial charge in [-0.2, -0.15) is 20.2 Å². The third-order valence-corrected chi connectivity index (χ3v) is 5.30. The van der Waals surface area contributed by atoms with Crippen molar-refractivity contribution < 1.29 is 8.83 Å². The van der Waals surface area contributed by atoms with Crippen LogP contribution in [0.15, 0.2) is 69.5 Å². The van der Waals surface area contributed by atoms with Crippen LogP contribution in [0.1, 0.15) is 11.1 Å². The summed E-state index contributed by atoms with van der Waals surface area (Å²) in [6.45, 7) is 18.6. The molecule has 6 heteroatoms. The third kappa shape index (κ3) is 3.96.